The molecule has 0 aliphatic heterocycles. The highest BCUT2D eigenvalue weighted by Gasteiger charge is 2.18. The monoisotopic (exact) mass is 403 g/mol. The molecule has 3 aromatic heterocycles. The standard InChI is InChI=1S/C22H21N5OS/c1-14-11-18(20-15(2)26-27(3)21(20)24-14)22(28)25-17-8-6-7-16(12-17)13-29-19-9-4-5-10-23-19/h4-12H,13H2,1-3H3,(H,25,28). The molecule has 0 aliphatic carbocycles. The lowest BCUT2D eigenvalue weighted by molar-refractivity contribution is 0.102. The van der Waals surface area contributed by atoms with Gasteiger partial charge in [0.05, 0.1) is 21.7 Å². The van der Waals surface area contributed by atoms with Crippen LogP contribution in [0.25, 0.3) is 11.0 Å². The quantitative estimate of drug-likeness (QED) is 0.496. The van der Waals surface area contributed by atoms with Crippen LogP contribution in [0.5, 0.6) is 0 Å². The summed E-state index contributed by atoms with van der Waals surface area (Å²) in [7, 11) is 1.84. The minimum Gasteiger partial charge on any atom is -0.322 e. The Kier molecular flexibility index (Phi) is 5.31. The topological polar surface area (TPSA) is 72.7 Å². The molecule has 1 amide bonds. The Balaban J connectivity index is 1.55. The third-order valence-corrected chi connectivity index (χ3v) is 5.57. The van der Waals surface area contributed by atoms with Gasteiger partial charge in [-0.05, 0) is 49.7 Å². The first kappa shape index (κ1) is 19.1. The maximum absolute atomic E-state index is 13.0. The molecule has 0 bridgehead atoms. The number of aromatic nitrogens is 4. The fraction of sp³-hybridized carbons (Fsp3) is 0.182. The highest BCUT2D eigenvalue weighted by atomic mass is 32.2. The molecular weight excluding hydrogens is 382 g/mol. The second-order valence-electron chi connectivity index (χ2n) is 6.83. The Morgan fingerprint density at radius 3 is 2.79 bits per heavy atom. The van der Waals surface area contributed by atoms with Crippen molar-refractivity contribution in [2.75, 3.05) is 5.32 Å². The van der Waals surface area contributed by atoms with Gasteiger partial charge in [0.1, 0.15) is 0 Å². The number of fused-ring (bicyclic) bond motifs is 1. The summed E-state index contributed by atoms with van der Waals surface area (Å²) in [5.41, 5.74) is 4.76. The number of thioether (sulfide) groups is 1. The van der Waals surface area contributed by atoms with Crippen LogP contribution in [-0.2, 0) is 12.8 Å². The molecule has 0 spiro atoms. The first-order chi connectivity index (χ1) is 14.0. The SMILES string of the molecule is Cc1cc(C(=O)Nc2cccc(CSc3ccccn3)c2)c2c(C)nn(C)c2n1. The molecule has 146 valence electrons. The molecule has 7 heteroatoms. The second-order valence-corrected chi connectivity index (χ2v) is 7.83. The highest BCUT2D eigenvalue weighted by Crippen LogP contribution is 2.25. The lowest BCUT2D eigenvalue weighted by Crippen LogP contribution is -2.13. The molecule has 4 aromatic rings. The van der Waals surface area contributed by atoms with Crippen molar-refractivity contribution >= 4 is 34.4 Å². The molecule has 3 heterocycles. The number of amides is 1. The molecule has 0 saturated heterocycles. The molecular formula is C22H21N5OS. The molecule has 29 heavy (non-hydrogen) atoms. The summed E-state index contributed by atoms with van der Waals surface area (Å²) < 4.78 is 1.71. The average molecular weight is 404 g/mol. The van der Waals surface area contributed by atoms with Gasteiger partial charge in [-0.2, -0.15) is 5.10 Å². The van der Waals surface area contributed by atoms with Crippen LogP contribution in [-0.4, -0.2) is 25.7 Å². The Morgan fingerprint density at radius 2 is 2.00 bits per heavy atom. The van der Waals surface area contributed by atoms with Crippen LogP contribution in [0, 0.1) is 13.8 Å². The van der Waals surface area contributed by atoms with Crippen molar-refractivity contribution in [1.29, 1.82) is 0 Å². The van der Waals surface area contributed by atoms with E-state index in [1.807, 2.05) is 69.4 Å². The van der Waals surface area contributed by atoms with Crippen molar-refractivity contribution in [3.63, 3.8) is 0 Å². The van der Waals surface area contributed by atoms with Crippen molar-refractivity contribution in [3.8, 4) is 0 Å². The molecule has 0 aliphatic rings. The maximum atomic E-state index is 13.0. The van der Waals surface area contributed by atoms with Gasteiger partial charge in [-0.15, -0.1) is 11.8 Å². The lowest BCUT2D eigenvalue weighted by atomic mass is 10.1. The first-order valence-corrected chi connectivity index (χ1v) is 10.2. The number of benzene rings is 1. The molecule has 6 nitrogen and oxygen atoms in total. The number of carbonyl (C=O) groups is 1. The van der Waals surface area contributed by atoms with Crippen LogP contribution < -0.4 is 5.32 Å². The van der Waals surface area contributed by atoms with Crippen LogP contribution in [0.15, 0.2) is 59.8 Å². The largest absolute Gasteiger partial charge is 0.322 e. The van der Waals surface area contributed by atoms with E-state index in [9.17, 15) is 4.79 Å². The van der Waals surface area contributed by atoms with E-state index >= 15 is 0 Å². The van der Waals surface area contributed by atoms with E-state index in [0.29, 0.717) is 11.2 Å². The van der Waals surface area contributed by atoms with Gasteiger partial charge in [0.15, 0.2) is 5.65 Å². The smallest absolute Gasteiger partial charge is 0.256 e. The number of hydrogen-bond acceptors (Lipinski definition) is 5. The summed E-state index contributed by atoms with van der Waals surface area (Å²) in [5.74, 6) is 0.618. The predicted octanol–water partition coefficient (Wildman–Crippen LogP) is 4.52. The molecule has 1 N–H and O–H groups in total. The van der Waals surface area contributed by atoms with Gasteiger partial charge in [0, 0.05) is 30.4 Å². The number of hydrogen-bond donors (Lipinski definition) is 1. The molecule has 0 unspecified atom stereocenters. The van der Waals surface area contributed by atoms with E-state index in [0.717, 1.165) is 38.8 Å². The fourth-order valence-corrected chi connectivity index (χ4v) is 4.08. The van der Waals surface area contributed by atoms with Crippen molar-refractivity contribution in [2.24, 2.45) is 7.05 Å². The van der Waals surface area contributed by atoms with Gasteiger partial charge in [0.2, 0.25) is 0 Å². The van der Waals surface area contributed by atoms with Gasteiger partial charge >= 0.3 is 0 Å². The number of aryl methyl sites for hydroxylation is 3. The fourth-order valence-electron chi connectivity index (χ4n) is 3.28. The molecule has 4 rings (SSSR count). The summed E-state index contributed by atoms with van der Waals surface area (Å²) >= 11 is 1.66. The molecule has 1 aromatic carbocycles. The van der Waals surface area contributed by atoms with E-state index < -0.39 is 0 Å². The van der Waals surface area contributed by atoms with Gasteiger partial charge in [-0.1, -0.05) is 18.2 Å². The minimum atomic E-state index is -0.161. The Hall–Kier alpha value is -3.19. The van der Waals surface area contributed by atoms with Crippen LogP contribution >= 0.6 is 11.8 Å². The van der Waals surface area contributed by atoms with E-state index in [1.54, 1.807) is 22.6 Å². The van der Waals surface area contributed by atoms with Gasteiger partial charge in [-0.3, -0.25) is 9.48 Å². The van der Waals surface area contributed by atoms with E-state index in [1.165, 1.54) is 0 Å². The third-order valence-electron chi connectivity index (χ3n) is 4.55. The summed E-state index contributed by atoms with van der Waals surface area (Å²) in [6.07, 6.45) is 1.79. The summed E-state index contributed by atoms with van der Waals surface area (Å²) in [4.78, 5) is 21.9. The van der Waals surface area contributed by atoms with Gasteiger partial charge < -0.3 is 5.32 Å². The Bertz CT molecular complexity index is 1190. The van der Waals surface area contributed by atoms with Crippen molar-refractivity contribution in [1.82, 2.24) is 19.7 Å². The van der Waals surface area contributed by atoms with E-state index in [4.69, 9.17) is 0 Å². The zero-order valence-electron chi connectivity index (χ0n) is 16.5. The van der Waals surface area contributed by atoms with Gasteiger partial charge in [-0.25, -0.2) is 9.97 Å². The van der Waals surface area contributed by atoms with Crippen molar-refractivity contribution in [2.45, 2.75) is 24.6 Å². The van der Waals surface area contributed by atoms with Crippen LogP contribution in [0.3, 0.4) is 0 Å². The third kappa shape index (κ3) is 4.14. The molecule has 0 fully saturated rings. The zero-order chi connectivity index (χ0) is 20.4. The Labute approximate surface area is 173 Å². The molecule has 0 radical (unpaired) electrons. The molecule has 0 atom stereocenters. The van der Waals surface area contributed by atoms with Gasteiger partial charge in [0.25, 0.3) is 5.91 Å². The lowest BCUT2D eigenvalue weighted by Gasteiger charge is -2.09. The molecule has 0 saturated carbocycles. The highest BCUT2D eigenvalue weighted by molar-refractivity contribution is 7.98. The summed E-state index contributed by atoms with van der Waals surface area (Å²) in [6.45, 7) is 3.78. The van der Waals surface area contributed by atoms with Crippen LogP contribution in [0.1, 0.15) is 27.3 Å². The van der Waals surface area contributed by atoms with Crippen LogP contribution in [0.2, 0.25) is 0 Å². The number of nitrogens with zero attached hydrogens (tertiary/aromatic N) is 4. The van der Waals surface area contributed by atoms with E-state index in [-0.39, 0.29) is 5.91 Å². The van der Waals surface area contributed by atoms with Crippen molar-refractivity contribution < 1.29 is 4.79 Å². The van der Waals surface area contributed by atoms with Crippen LogP contribution in [0.4, 0.5) is 5.69 Å². The number of pyridine rings is 2. The number of anilines is 1. The predicted molar refractivity (Wildman–Crippen MR) is 116 cm³/mol. The average Bonchev–Trinajstić information content (AvgIpc) is 3.00. The zero-order valence-corrected chi connectivity index (χ0v) is 17.3. The maximum Gasteiger partial charge on any atom is 0.256 e. The van der Waals surface area contributed by atoms with E-state index in [2.05, 4.69) is 20.4 Å². The number of rotatable bonds is 5. The van der Waals surface area contributed by atoms with Crippen molar-refractivity contribution in [3.05, 3.63) is 77.2 Å². The normalized spacial score (nSPS) is 11.0. The minimum absolute atomic E-state index is 0.161. The first-order valence-electron chi connectivity index (χ1n) is 9.26. The summed E-state index contributed by atoms with van der Waals surface area (Å²) in [5, 5.41) is 9.20. The Morgan fingerprint density at radius 1 is 1.14 bits per heavy atom. The second kappa shape index (κ2) is 8.05. The summed E-state index contributed by atoms with van der Waals surface area (Å²) in [6, 6.07) is 15.6. The number of nitrogens with one attached hydrogen (secondary N) is 1. The number of carbonyl (C=O) groups excluding carboxylic acids is 1.